The van der Waals surface area contributed by atoms with E-state index >= 15 is 0 Å². The van der Waals surface area contributed by atoms with Crippen LogP contribution >= 0.6 is 0 Å². The van der Waals surface area contributed by atoms with Crippen molar-refractivity contribution in [2.45, 2.75) is 27.7 Å². The quantitative estimate of drug-likeness (QED) is 0.275. The third-order valence-electron chi connectivity index (χ3n) is 2.98. The number of esters is 2. The number of hydrogen-bond donors (Lipinski definition) is 0. The van der Waals surface area contributed by atoms with Gasteiger partial charge < -0.3 is 9.47 Å². The first kappa shape index (κ1) is 24.9. The Bertz CT molecular complexity index is 649. The Kier molecular flexibility index (Phi) is 15.3. The molecule has 0 bridgehead atoms. The van der Waals surface area contributed by atoms with Crippen molar-refractivity contribution in [2.24, 2.45) is 0 Å². The molecule has 0 saturated heterocycles. The molecule has 0 aliphatic rings. The smallest absolute Gasteiger partial charge is 0.330 e. The SMILES string of the molecule is CCOC(=O)/C=C(C)/C=C/C=C/C=C/C=C/C=C/C=C/C(C)=C/C(=O)OCC. The molecule has 0 radical (unpaired) electrons. The van der Waals surface area contributed by atoms with E-state index in [1.54, 1.807) is 13.8 Å². The van der Waals surface area contributed by atoms with E-state index < -0.39 is 0 Å². The van der Waals surface area contributed by atoms with Crippen LogP contribution in [0.5, 0.6) is 0 Å². The van der Waals surface area contributed by atoms with Crippen LogP contribution in [0.4, 0.5) is 0 Å². The topological polar surface area (TPSA) is 52.6 Å². The van der Waals surface area contributed by atoms with E-state index in [9.17, 15) is 9.59 Å². The number of carbonyl (C=O) groups excluding carboxylic acids is 2. The van der Waals surface area contributed by atoms with Gasteiger partial charge in [0.25, 0.3) is 0 Å². The zero-order chi connectivity index (χ0) is 21.0. The summed E-state index contributed by atoms with van der Waals surface area (Å²) in [6.07, 6.45) is 25.5. The lowest BCUT2D eigenvalue weighted by Crippen LogP contribution is -1.99. The lowest BCUT2D eigenvalue weighted by atomic mass is 10.2. The Labute approximate surface area is 168 Å². The van der Waals surface area contributed by atoms with Gasteiger partial charge in [0.1, 0.15) is 0 Å². The number of allylic oxidation sites excluding steroid dienone is 14. The molecular weight excluding hydrogens is 352 g/mol. The van der Waals surface area contributed by atoms with Gasteiger partial charge in [-0.1, -0.05) is 72.9 Å². The Morgan fingerprint density at radius 3 is 1.14 bits per heavy atom. The van der Waals surface area contributed by atoms with Crippen molar-refractivity contribution in [3.05, 3.63) is 96.2 Å². The van der Waals surface area contributed by atoms with Crippen LogP contribution in [0, 0.1) is 0 Å². The fourth-order valence-electron chi connectivity index (χ4n) is 1.76. The molecule has 150 valence electrons. The maximum atomic E-state index is 11.3. The number of hydrogen-bond acceptors (Lipinski definition) is 4. The van der Waals surface area contributed by atoms with Crippen molar-refractivity contribution in [2.75, 3.05) is 13.2 Å². The highest BCUT2D eigenvalue weighted by Crippen LogP contribution is 1.98. The van der Waals surface area contributed by atoms with Crippen LogP contribution in [0.2, 0.25) is 0 Å². The van der Waals surface area contributed by atoms with Crippen molar-refractivity contribution in [1.82, 2.24) is 0 Å². The van der Waals surface area contributed by atoms with Gasteiger partial charge in [-0.25, -0.2) is 9.59 Å². The van der Waals surface area contributed by atoms with Gasteiger partial charge in [-0.05, 0) is 38.8 Å². The zero-order valence-electron chi connectivity index (χ0n) is 17.1. The van der Waals surface area contributed by atoms with Crippen molar-refractivity contribution in [3.8, 4) is 0 Å². The molecule has 0 aromatic heterocycles. The van der Waals surface area contributed by atoms with E-state index in [4.69, 9.17) is 9.47 Å². The van der Waals surface area contributed by atoms with Crippen LogP contribution < -0.4 is 0 Å². The van der Waals surface area contributed by atoms with Crippen LogP contribution in [-0.4, -0.2) is 25.2 Å². The summed E-state index contributed by atoms with van der Waals surface area (Å²) in [5.41, 5.74) is 1.66. The summed E-state index contributed by atoms with van der Waals surface area (Å²) < 4.78 is 9.68. The molecule has 4 nitrogen and oxygen atoms in total. The predicted octanol–water partition coefficient (Wildman–Crippen LogP) is 5.34. The third-order valence-corrected chi connectivity index (χ3v) is 2.98. The first-order valence-corrected chi connectivity index (χ1v) is 9.21. The number of rotatable bonds is 11. The summed E-state index contributed by atoms with van der Waals surface area (Å²) in [5, 5.41) is 0. The molecular formula is C24H30O4. The van der Waals surface area contributed by atoms with E-state index in [0.29, 0.717) is 13.2 Å². The highest BCUT2D eigenvalue weighted by Gasteiger charge is 1.94. The Hall–Kier alpha value is -3.14. The molecule has 0 aliphatic heterocycles. The first-order chi connectivity index (χ1) is 13.5. The van der Waals surface area contributed by atoms with Crippen molar-refractivity contribution in [3.63, 3.8) is 0 Å². The second-order valence-electron chi connectivity index (χ2n) is 5.54. The first-order valence-electron chi connectivity index (χ1n) is 9.21. The van der Waals surface area contributed by atoms with Crippen molar-refractivity contribution >= 4 is 11.9 Å². The van der Waals surface area contributed by atoms with Gasteiger partial charge in [0.15, 0.2) is 0 Å². The molecule has 0 amide bonds. The molecule has 0 saturated carbocycles. The predicted molar refractivity (Wildman–Crippen MR) is 116 cm³/mol. The number of ether oxygens (including phenoxy) is 2. The van der Waals surface area contributed by atoms with Crippen molar-refractivity contribution < 1.29 is 19.1 Å². The minimum atomic E-state index is -0.327. The summed E-state index contributed by atoms with van der Waals surface area (Å²) >= 11 is 0. The van der Waals surface area contributed by atoms with E-state index in [2.05, 4.69) is 0 Å². The van der Waals surface area contributed by atoms with Gasteiger partial charge in [-0.15, -0.1) is 0 Å². The molecule has 28 heavy (non-hydrogen) atoms. The summed E-state index contributed by atoms with van der Waals surface area (Å²) in [6, 6.07) is 0. The van der Waals surface area contributed by atoms with Gasteiger partial charge in [0.05, 0.1) is 13.2 Å². The second-order valence-corrected chi connectivity index (χ2v) is 5.54. The van der Waals surface area contributed by atoms with E-state index in [1.807, 2.05) is 86.8 Å². The van der Waals surface area contributed by atoms with Gasteiger partial charge in [0, 0.05) is 12.2 Å². The van der Waals surface area contributed by atoms with Gasteiger partial charge in [0.2, 0.25) is 0 Å². The van der Waals surface area contributed by atoms with E-state index in [0.717, 1.165) is 11.1 Å². The lowest BCUT2D eigenvalue weighted by molar-refractivity contribution is -0.138. The second kappa shape index (κ2) is 17.3. The molecule has 0 atom stereocenters. The molecule has 0 rings (SSSR count). The molecule has 0 unspecified atom stereocenters. The Balaban J connectivity index is 4.24. The number of carbonyl (C=O) groups is 2. The molecule has 0 N–H and O–H groups in total. The Morgan fingerprint density at radius 1 is 0.571 bits per heavy atom. The maximum Gasteiger partial charge on any atom is 0.330 e. The summed E-state index contributed by atoms with van der Waals surface area (Å²) in [4.78, 5) is 22.5. The lowest BCUT2D eigenvalue weighted by Gasteiger charge is -1.95. The largest absolute Gasteiger partial charge is 0.463 e. The molecule has 0 aliphatic carbocycles. The fraction of sp³-hybridized carbons (Fsp3) is 0.250. The van der Waals surface area contributed by atoms with Crippen LogP contribution in [-0.2, 0) is 19.1 Å². The highest BCUT2D eigenvalue weighted by atomic mass is 16.5. The normalized spacial score (nSPS) is 13.9. The van der Waals surface area contributed by atoms with Gasteiger partial charge in [-0.3, -0.25) is 0 Å². The van der Waals surface area contributed by atoms with E-state index in [-0.39, 0.29) is 11.9 Å². The van der Waals surface area contributed by atoms with Gasteiger partial charge >= 0.3 is 11.9 Å². The zero-order valence-corrected chi connectivity index (χ0v) is 17.1. The highest BCUT2D eigenvalue weighted by molar-refractivity contribution is 5.83. The molecule has 0 heterocycles. The minimum absolute atomic E-state index is 0.327. The average Bonchev–Trinajstić information content (AvgIpc) is 2.62. The summed E-state index contributed by atoms with van der Waals surface area (Å²) in [7, 11) is 0. The molecule has 4 heteroatoms. The molecule has 0 fully saturated rings. The fourth-order valence-corrected chi connectivity index (χ4v) is 1.76. The summed E-state index contributed by atoms with van der Waals surface area (Å²) in [5.74, 6) is -0.654. The third kappa shape index (κ3) is 16.3. The molecule has 0 aromatic rings. The monoisotopic (exact) mass is 382 g/mol. The van der Waals surface area contributed by atoms with Crippen LogP contribution in [0.3, 0.4) is 0 Å². The average molecular weight is 383 g/mol. The Morgan fingerprint density at radius 2 is 0.857 bits per heavy atom. The van der Waals surface area contributed by atoms with Crippen LogP contribution in [0.15, 0.2) is 96.2 Å². The molecule has 0 aromatic carbocycles. The summed E-state index contributed by atoms with van der Waals surface area (Å²) in [6.45, 7) is 7.99. The van der Waals surface area contributed by atoms with Crippen LogP contribution in [0.1, 0.15) is 27.7 Å². The van der Waals surface area contributed by atoms with E-state index in [1.165, 1.54) is 12.2 Å². The maximum absolute atomic E-state index is 11.3. The van der Waals surface area contributed by atoms with Crippen molar-refractivity contribution in [1.29, 1.82) is 0 Å². The minimum Gasteiger partial charge on any atom is -0.463 e. The molecule has 0 spiro atoms. The standard InChI is InChI=1S/C24H30O4/c1-5-27-23(25)19-21(3)17-15-13-11-9-7-8-10-12-14-16-18-22(4)20-24(26)28-6-2/h7-20H,5-6H2,1-4H3/b9-7+,10-8+,13-11+,14-12+,17-15+,18-16+,21-19+,22-20+. The van der Waals surface area contributed by atoms with Crippen LogP contribution in [0.25, 0.3) is 0 Å². The van der Waals surface area contributed by atoms with Gasteiger partial charge in [-0.2, -0.15) is 0 Å².